The number of carbonyl (C=O) groups is 1. The Bertz CT molecular complexity index is 1240. The Morgan fingerprint density at radius 3 is 2.33 bits per heavy atom. The standard InChI is InChI=1S/C27H31Br2ClN4O2/c1-17-20(25(30)34(33-17)19-10-8-7-9-11-19)14-31-32-23(35)15-36-24-21(28)12-18(13-22(24)29)27(5,6)16-26(2,3)4/h7-14H,15-16H2,1-6H3,(H,32,35). The zero-order valence-electron chi connectivity index (χ0n) is 21.3. The van der Waals surface area contributed by atoms with Crippen LogP contribution in [0.5, 0.6) is 5.75 Å². The molecule has 0 bridgehead atoms. The van der Waals surface area contributed by atoms with Gasteiger partial charge in [-0.15, -0.1) is 0 Å². The van der Waals surface area contributed by atoms with E-state index in [1.54, 1.807) is 4.68 Å². The van der Waals surface area contributed by atoms with Crippen LogP contribution in [0, 0.1) is 12.3 Å². The van der Waals surface area contributed by atoms with Crippen molar-refractivity contribution in [3.05, 3.63) is 73.4 Å². The van der Waals surface area contributed by atoms with E-state index in [0.717, 1.165) is 21.1 Å². The molecule has 0 fully saturated rings. The molecule has 0 aliphatic rings. The van der Waals surface area contributed by atoms with Crippen molar-refractivity contribution in [3.8, 4) is 11.4 Å². The lowest BCUT2D eigenvalue weighted by Gasteiger charge is -2.33. The number of carbonyl (C=O) groups excluding carboxylic acids is 1. The highest BCUT2D eigenvalue weighted by Crippen LogP contribution is 2.42. The first-order valence-electron chi connectivity index (χ1n) is 11.5. The summed E-state index contributed by atoms with van der Waals surface area (Å²) >= 11 is 13.7. The first kappa shape index (κ1) is 28.4. The number of para-hydroxylation sites is 1. The van der Waals surface area contributed by atoms with E-state index in [4.69, 9.17) is 16.3 Å². The third-order valence-electron chi connectivity index (χ3n) is 5.53. The van der Waals surface area contributed by atoms with Crippen LogP contribution in [0.15, 0.2) is 56.5 Å². The van der Waals surface area contributed by atoms with Crippen LogP contribution in [0.4, 0.5) is 0 Å². The Balaban J connectivity index is 1.64. The summed E-state index contributed by atoms with van der Waals surface area (Å²) in [5.41, 5.74) is 5.99. The first-order valence-corrected chi connectivity index (χ1v) is 13.5. The largest absolute Gasteiger partial charge is 0.481 e. The van der Waals surface area contributed by atoms with E-state index in [9.17, 15) is 4.79 Å². The number of rotatable bonds is 8. The molecular formula is C27H31Br2ClN4O2. The smallest absolute Gasteiger partial charge is 0.277 e. The van der Waals surface area contributed by atoms with Crippen LogP contribution in [-0.4, -0.2) is 28.5 Å². The predicted molar refractivity (Wildman–Crippen MR) is 153 cm³/mol. The molecular weight excluding hydrogens is 608 g/mol. The predicted octanol–water partition coefficient (Wildman–Crippen LogP) is 7.60. The molecule has 192 valence electrons. The van der Waals surface area contributed by atoms with Crippen molar-refractivity contribution >= 4 is 55.6 Å². The minimum atomic E-state index is -0.397. The van der Waals surface area contributed by atoms with Gasteiger partial charge in [-0.1, -0.05) is 64.4 Å². The highest BCUT2D eigenvalue weighted by molar-refractivity contribution is 9.11. The van der Waals surface area contributed by atoms with Crippen molar-refractivity contribution in [1.29, 1.82) is 0 Å². The van der Waals surface area contributed by atoms with Gasteiger partial charge in [0.25, 0.3) is 5.91 Å². The number of nitrogens with one attached hydrogen (secondary N) is 1. The quantitative estimate of drug-likeness (QED) is 0.204. The second-order valence-electron chi connectivity index (χ2n) is 10.5. The molecule has 0 aliphatic heterocycles. The maximum Gasteiger partial charge on any atom is 0.277 e. The fourth-order valence-electron chi connectivity index (χ4n) is 4.25. The molecule has 0 radical (unpaired) electrons. The summed E-state index contributed by atoms with van der Waals surface area (Å²) in [5, 5.41) is 8.92. The Morgan fingerprint density at radius 1 is 1.14 bits per heavy atom. The van der Waals surface area contributed by atoms with Crippen molar-refractivity contribution in [2.24, 2.45) is 10.5 Å². The molecule has 1 amide bonds. The van der Waals surface area contributed by atoms with Gasteiger partial charge in [0.2, 0.25) is 0 Å². The molecule has 0 aliphatic carbocycles. The Labute approximate surface area is 234 Å². The first-order chi connectivity index (χ1) is 16.8. The number of hydrazone groups is 1. The van der Waals surface area contributed by atoms with E-state index >= 15 is 0 Å². The summed E-state index contributed by atoms with van der Waals surface area (Å²) in [5.74, 6) is 0.166. The molecule has 3 aromatic rings. The van der Waals surface area contributed by atoms with E-state index in [0.29, 0.717) is 22.2 Å². The molecule has 6 nitrogen and oxygen atoms in total. The van der Waals surface area contributed by atoms with Gasteiger partial charge in [0.05, 0.1) is 32.1 Å². The molecule has 0 atom stereocenters. The van der Waals surface area contributed by atoms with Crippen LogP contribution in [-0.2, 0) is 10.2 Å². The van der Waals surface area contributed by atoms with Crippen LogP contribution < -0.4 is 10.2 Å². The zero-order valence-corrected chi connectivity index (χ0v) is 25.3. The topological polar surface area (TPSA) is 68.5 Å². The van der Waals surface area contributed by atoms with E-state index < -0.39 is 5.91 Å². The lowest BCUT2D eigenvalue weighted by Crippen LogP contribution is -2.26. The maximum atomic E-state index is 12.4. The summed E-state index contributed by atoms with van der Waals surface area (Å²) in [6.45, 7) is 12.8. The van der Waals surface area contributed by atoms with Crippen molar-refractivity contribution in [2.45, 2.75) is 53.4 Å². The molecule has 0 saturated heterocycles. The molecule has 9 heteroatoms. The van der Waals surface area contributed by atoms with Gasteiger partial charge in [-0.2, -0.15) is 10.2 Å². The van der Waals surface area contributed by atoms with Gasteiger partial charge in [-0.05, 0) is 85.9 Å². The van der Waals surface area contributed by atoms with Crippen molar-refractivity contribution in [3.63, 3.8) is 0 Å². The number of nitrogens with zero attached hydrogens (tertiary/aromatic N) is 3. The Kier molecular flexibility index (Phi) is 9.06. The number of halogens is 3. The summed E-state index contributed by atoms with van der Waals surface area (Å²) in [7, 11) is 0. The van der Waals surface area contributed by atoms with Gasteiger partial charge in [0.15, 0.2) is 6.61 Å². The third kappa shape index (κ3) is 7.20. The number of hydrogen-bond donors (Lipinski definition) is 1. The van der Waals surface area contributed by atoms with E-state index in [-0.39, 0.29) is 17.4 Å². The fourth-order valence-corrected chi connectivity index (χ4v) is 5.99. The summed E-state index contributed by atoms with van der Waals surface area (Å²) in [6, 6.07) is 13.7. The molecule has 3 rings (SSSR count). The van der Waals surface area contributed by atoms with Gasteiger partial charge in [-0.25, -0.2) is 10.1 Å². The van der Waals surface area contributed by atoms with E-state index in [1.165, 1.54) is 11.8 Å². The molecule has 0 spiro atoms. The van der Waals surface area contributed by atoms with Crippen LogP contribution in [0.1, 0.15) is 57.9 Å². The molecule has 1 heterocycles. The minimum Gasteiger partial charge on any atom is -0.481 e. The number of aryl methyl sites for hydroxylation is 1. The monoisotopic (exact) mass is 636 g/mol. The van der Waals surface area contributed by atoms with Gasteiger partial charge in [0.1, 0.15) is 10.9 Å². The molecule has 1 aromatic heterocycles. The second-order valence-corrected chi connectivity index (χ2v) is 12.6. The Morgan fingerprint density at radius 2 is 1.75 bits per heavy atom. The van der Waals surface area contributed by atoms with Crippen LogP contribution >= 0.6 is 43.5 Å². The zero-order chi connectivity index (χ0) is 26.7. The fraction of sp³-hybridized carbons (Fsp3) is 0.370. The molecule has 2 aromatic carbocycles. The second kappa shape index (κ2) is 11.5. The summed E-state index contributed by atoms with van der Waals surface area (Å²) in [4.78, 5) is 12.4. The number of benzene rings is 2. The lowest BCUT2D eigenvalue weighted by atomic mass is 9.72. The van der Waals surface area contributed by atoms with Crippen LogP contribution in [0.2, 0.25) is 5.15 Å². The number of aromatic nitrogens is 2. The minimum absolute atomic E-state index is 0.0262. The van der Waals surface area contributed by atoms with Gasteiger partial charge in [-0.3, -0.25) is 4.79 Å². The number of ether oxygens (including phenoxy) is 1. The molecule has 36 heavy (non-hydrogen) atoms. The van der Waals surface area contributed by atoms with Crippen LogP contribution in [0.3, 0.4) is 0 Å². The molecule has 0 saturated carbocycles. The number of hydrogen-bond acceptors (Lipinski definition) is 4. The SMILES string of the molecule is Cc1nn(-c2ccccc2)c(Cl)c1C=NNC(=O)COc1c(Br)cc(C(C)(C)CC(C)(C)C)cc1Br. The number of amides is 1. The van der Waals surface area contributed by atoms with Gasteiger partial charge in [0, 0.05) is 0 Å². The van der Waals surface area contributed by atoms with Crippen molar-refractivity contribution in [1.82, 2.24) is 15.2 Å². The average Bonchev–Trinajstić information content (AvgIpc) is 3.05. The van der Waals surface area contributed by atoms with Crippen molar-refractivity contribution < 1.29 is 9.53 Å². The Hall–Kier alpha value is -2.16. The van der Waals surface area contributed by atoms with Gasteiger partial charge < -0.3 is 4.74 Å². The third-order valence-corrected chi connectivity index (χ3v) is 7.07. The van der Waals surface area contributed by atoms with Crippen LogP contribution in [0.25, 0.3) is 5.69 Å². The van der Waals surface area contributed by atoms with Gasteiger partial charge >= 0.3 is 0 Å². The van der Waals surface area contributed by atoms with Crippen molar-refractivity contribution in [2.75, 3.05) is 6.61 Å². The normalized spacial score (nSPS) is 12.2. The highest BCUT2D eigenvalue weighted by atomic mass is 79.9. The lowest BCUT2D eigenvalue weighted by molar-refractivity contribution is -0.123. The summed E-state index contributed by atoms with van der Waals surface area (Å²) < 4.78 is 8.97. The molecule has 0 unspecified atom stereocenters. The maximum absolute atomic E-state index is 12.4. The van der Waals surface area contributed by atoms with E-state index in [1.807, 2.05) is 37.3 Å². The molecule has 1 N–H and O–H groups in total. The van der Waals surface area contributed by atoms with E-state index in [2.05, 4.69) is 94.2 Å². The average molecular weight is 639 g/mol. The highest BCUT2D eigenvalue weighted by Gasteiger charge is 2.28. The summed E-state index contributed by atoms with van der Waals surface area (Å²) in [6.07, 6.45) is 2.51.